The maximum absolute atomic E-state index is 10.4. The Labute approximate surface area is 98.9 Å². The number of benzene rings is 1. The van der Waals surface area contributed by atoms with Crippen LogP contribution in [0.5, 0.6) is 5.75 Å². The summed E-state index contributed by atoms with van der Waals surface area (Å²) in [6.07, 6.45) is 0.405. The first-order chi connectivity index (χ1) is 7.93. The Hall–Kier alpha value is -1.92. The molecule has 0 aliphatic carbocycles. The lowest BCUT2D eigenvalue weighted by Gasteiger charge is -1.99. The number of carbonyl (C=O) groups is 2. The fraction of sp³-hybridized carbons (Fsp3) is 0.273. The van der Waals surface area contributed by atoms with E-state index in [4.69, 9.17) is 21.7 Å². The van der Waals surface area contributed by atoms with E-state index in [0.29, 0.717) is 12.8 Å². The number of hydrogen-bond donors (Lipinski definition) is 4. The van der Waals surface area contributed by atoms with Gasteiger partial charge < -0.3 is 21.7 Å². The van der Waals surface area contributed by atoms with Crippen molar-refractivity contribution in [2.45, 2.75) is 13.0 Å². The zero-order valence-electron chi connectivity index (χ0n) is 9.46. The summed E-state index contributed by atoms with van der Waals surface area (Å²) < 4.78 is 0. The summed E-state index contributed by atoms with van der Waals surface area (Å²) in [6, 6.07) is 4.13. The zero-order chi connectivity index (χ0) is 13.4. The lowest BCUT2D eigenvalue weighted by atomic mass is 10.1. The summed E-state index contributed by atoms with van der Waals surface area (Å²) in [4.78, 5) is 20.7. The SMILES string of the molecule is CC(N)CN.O=Cc1cccc(C(=O)O)c1O. The minimum atomic E-state index is -1.25. The van der Waals surface area contributed by atoms with Gasteiger partial charge >= 0.3 is 5.97 Å². The molecule has 0 saturated carbocycles. The van der Waals surface area contributed by atoms with Crippen LogP contribution < -0.4 is 11.5 Å². The summed E-state index contributed by atoms with van der Waals surface area (Å²) in [7, 11) is 0. The molecule has 0 bridgehead atoms. The van der Waals surface area contributed by atoms with E-state index in [0.717, 1.165) is 0 Å². The molecule has 0 radical (unpaired) electrons. The molecule has 1 unspecified atom stereocenters. The van der Waals surface area contributed by atoms with E-state index in [9.17, 15) is 9.59 Å². The topological polar surface area (TPSA) is 127 Å². The third kappa shape index (κ3) is 5.10. The molecule has 1 aromatic rings. The molecule has 0 fully saturated rings. The van der Waals surface area contributed by atoms with Gasteiger partial charge in [0.25, 0.3) is 0 Å². The van der Waals surface area contributed by atoms with Gasteiger partial charge in [0, 0.05) is 12.6 Å². The maximum Gasteiger partial charge on any atom is 0.339 e. The van der Waals surface area contributed by atoms with Crippen LogP contribution in [0.4, 0.5) is 0 Å². The van der Waals surface area contributed by atoms with Gasteiger partial charge in [-0.3, -0.25) is 4.79 Å². The van der Waals surface area contributed by atoms with Crippen molar-refractivity contribution in [3.8, 4) is 5.75 Å². The van der Waals surface area contributed by atoms with E-state index in [-0.39, 0.29) is 17.2 Å². The molecule has 1 atom stereocenters. The molecule has 17 heavy (non-hydrogen) atoms. The fourth-order valence-corrected chi connectivity index (χ4v) is 0.829. The Kier molecular flexibility index (Phi) is 6.54. The summed E-state index contributed by atoms with van der Waals surface area (Å²) >= 11 is 0. The Morgan fingerprint density at radius 1 is 1.53 bits per heavy atom. The standard InChI is InChI=1S/C8H6O4.C3H10N2/c9-4-5-2-1-3-6(7(5)10)8(11)12;1-3(5)2-4/h1-4,10H,(H,11,12);3H,2,4-5H2,1H3. The lowest BCUT2D eigenvalue weighted by molar-refractivity contribution is 0.0693. The zero-order valence-corrected chi connectivity index (χ0v) is 9.46. The highest BCUT2D eigenvalue weighted by Gasteiger charge is 2.11. The van der Waals surface area contributed by atoms with Crippen LogP contribution in [0.25, 0.3) is 0 Å². The second kappa shape index (κ2) is 7.37. The number of hydrogen-bond acceptors (Lipinski definition) is 5. The number of carbonyl (C=O) groups excluding carboxylic acids is 1. The molecule has 1 rings (SSSR count). The van der Waals surface area contributed by atoms with Gasteiger partial charge in [-0.1, -0.05) is 6.07 Å². The fourth-order valence-electron chi connectivity index (χ4n) is 0.829. The number of aldehydes is 1. The van der Waals surface area contributed by atoms with Crippen LogP contribution in [0.15, 0.2) is 18.2 Å². The Bertz CT molecular complexity index is 391. The molecule has 0 amide bonds. The van der Waals surface area contributed by atoms with E-state index in [1.165, 1.54) is 18.2 Å². The van der Waals surface area contributed by atoms with Crippen LogP contribution >= 0.6 is 0 Å². The molecule has 0 aliphatic heterocycles. The predicted molar refractivity (Wildman–Crippen MR) is 63.2 cm³/mol. The minimum absolute atomic E-state index is 0.0186. The van der Waals surface area contributed by atoms with Crippen molar-refractivity contribution < 1.29 is 19.8 Å². The van der Waals surface area contributed by atoms with Gasteiger partial charge in [-0.05, 0) is 19.1 Å². The van der Waals surface area contributed by atoms with Crippen molar-refractivity contribution in [2.75, 3.05) is 6.54 Å². The van der Waals surface area contributed by atoms with E-state index in [1.54, 1.807) is 0 Å². The van der Waals surface area contributed by atoms with E-state index >= 15 is 0 Å². The number of aromatic carboxylic acids is 1. The van der Waals surface area contributed by atoms with Crippen molar-refractivity contribution >= 4 is 12.3 Å². The first kappa shape index (κ1) is 15.1. The highest BCUT2D eigenvalue weighted by Crippen LogP contribution is 2.20. The van der Waals surface area contributed by atoms with Crippen LogP contribution in [0.3, 0.4) is 0 Å². The second-order valence-electron chi connectivity index (χ2n) is 3.38. The number of carboxylic acid groups (broad SMARTS) is 1. The van der Waals surface area contributed by atoms with Gasteiger partial charge in [0.1, 0.15) is 11.3 Å². The normalized spacial score (nSPS) is 11.0. The van der Waals surface area contributed by atoms with Crippen molar-refractivity contribution in [3.05, 3.63) is 29.3 Å². The average Bonchev–Trinajstić information content (AvgIpc) is 2.29. The molecule has 1 aromatic carbocycles. The van der Waals surface area contributed by atoms with Gasteiger partial charge in [0.15, 0.2) is 6.29 Å². The van der Waals surface area contributed by atoms with Crippen LogP contribution in [0, 0.1) is 0 Å². The van der Waals surface area contributed by atoms with E-state index in [1.807, 2.05) is 6.92 Å². The molecule has 0 spiro atoms. The first-order valence-corrected chi connectivity index (χ1v) is 4.90. The van der Waals surface area contributed by atoms with Crippen LogP contribution in [0.1, 0.15) is 27.6 Å². The maximum atomic E-state index is 10.4. The van der Waals surface area contributed by atoms with E-state index < -0.39 is 11.7 Å². The Morgan fingerprint density at radius 2 is 2.06 bits per heavy atom. The van der Waals surface area contributed by atoms with Crippen LogP contribution in [-0.2, 0) is 0 Å². The second-order valence-corrected chi connectivity index (χ2v) is 3.38. The number of aromatic hydroxyl groups is 1. The monoisotopic (exact) mass is 240 g/mol. The van der Waals surface area contributed by atoms with Crippen molar-refractivity contribution in [2.24, 2.45) is 11.5 Å². The summed E-state index contributed by atoms with van der Waals surface area (Å²) in [5.41, 5.74) is 9.93. The first-order valence-electron chi connectivity index (χ1n) is 4.90. The predicted octanol–water partition coefficient (Wildman–Crippen LogP) is 0.195. The molecule has 0 heterocycles. The van der Waals surface area contributed by atoms with Crippen LogP contribution in [-0.4, -0.2) is 35.1 Å². The van der Waals surface area contributed by atoms with Gasteiger partial charge in [-0.15, -0.1) is 0 Å². The molecule has 6 heteroatoms. The van der Waals surface area contributed by atoms with Gasteiger partial charge in [-0.2, -0.15) is 0 Å². The van der Waals surface area contributed by atoms with Gasteiger partial charge in [-0.25, -0.2) is 4.79 Å². The lowest BCUT2D eigenvalue weighted by Crippen LogP contribution is -2.25. The molecule has 6 nitrogen and oxygen atoms in total. The largest absolute Gasteiger partial charge is 0.506 e. The summed E-state index contributed by atoms with van der Waals surface area (Å²) in [5, 5.41) is 17.7. The molecule has 0 aliphatic rings. The third-order valence-electron chi connectivity index (χ3n) is 1.80. The number of nitrogens with two attached hydrogens (primary N) is 2. The molecule has 94 valence electrons. The Balaban J connectivity index is 0.000000437. The molecular weight excluding hydrogens is 224 g/mol. The minimum Gasteiger partial charge on any atom is -0.506 e. The molecule has 0 saturated heterocycles. The van der Waals surface area contributed by atoms with E-state index in [2.05, 4.69) is 0 Å². The van der Waals surface area contributed by atoms with Crippen molar-refractivity contribution in [1.29, 1.82) is 0 Å². The van der Waals surface area contributed by atoms with Gasteiger partial charge in [0.2, 0.25) is 0 Å². The highest BCUT2D eigenvalue weighted by atomic mass is 16.4. The Morgan fingerprint density at radius 3 is 2.41 bits per heavy atom. The number of phenols is 1. The highest BCUT2D eigenvalue weighted by molar-refractivity contribution is 5.94. The quantitative estimate of drug-likeness (QED) is 0.559. The number of carboxylic acids is 1. The van der Waals surface area contributed by atoms with Crippen molar-refractivity contribution in [3.63, 3.8) is 0 Å². The molecule has 6 N–H and O–H groups in total. The van der Waals surface area contributed by atoms with Gasteiger partial charge in [0.05, 0.1) is 5.56 Å². The molecular formula is C11H16N2O4. The third-order valence-corrected chi connectivity index (χ3v) is 1.80. The van der Waals surface area contributed by atoms with Crippen molar-refractivity contribution in [1.82, 2.24) is 0 Å². The number of para-hydroxylation sites is 1. The smallest absolute Gasteiger partial charge is 0.339 e. The molecule has 0 aromatic heterocycles. The average molecular weight is 240 g/mol. The summed E-state index contributed by atoms with van der Waals surface area (Å²) in [5.74, 6) is -1.74. The van der Waals surface area contributed by atoms with Crippen LogP contribution in [0.2, 0.25) is 0 Å². The summed E-state index contributed by atoms with van der Waals surface area (Å²) in [6.45, 7) is 2.46. The number of rotatable bonds is 3.